The van der Waals surface area contributed by atoms with E-state index in [9.17, 15) is 4.79 Å². The number of carbonyl (C=O) groups excluding carboxylic acids is 1. The standard InChI is InChI=1S/C26H31ClN4O3/c1-17(2)28-26(32)30(15-19-8-9-19)16-24-18(3)29-31(21-7-5-6-20(27)14-21)25(24)34-23-12-10-22(33-4)11-13-23/h5-7,10-14,17,19H,8-9,15-16H2,1-4H3,(H,28,32). The Labute approximate surface area is 205 Å². The van der Waals surface area contributed by atoms with Gasteiger partial charge in [0.15, 0.2) is 0 Å². The highest BCUT2D eigenvalue weighted by atomic mass is 35.5. The first-order valence-electron chi connectivity index (χ1n) is 11.6. The second kappa shape index (κ2) is 10.4. The van der Waals surface area contributed by atoms with Crippen molar-refractivity contribution in [3.63, 3.8) is 0 Å². The predicted octanol–water partition coefficient (Wildman–Crippen LogP) is 5.97. The zero-order valence-corrected chi connectivity index (χ0v) is 20.8. The summed E-state index contributed by atoms with van der Waals surface area (Å²) < 4.78 is 13.4. The van der Waals surface area contributed by atoms with Gasteiger partial charge in [0.2, 0.25) is 5.88 Å². The molecule has 1 aliphatic carbocycles. The Hall–Kier alpha value is -3.19. The minimum Gasteiger partial charge on any atom is -0.497 e. The van der Waals surface area contributed by atoms with Gasteiger partial charge < -0.3 is 19.7 Å². The van der Waals surface area contributed by atoms with Crippen LogP contribution in [0.3, 0.4) is 0 Å². The van der Waals surface area contributed by atoms with Crippen molar-refractivity contribution in [1.29, 1.82) is 0 Å². The summed E-state index contributed by atoms with van der Waals surface area (Å²) in [5, 5.41) is 8.41. The van der Waals surface area contributed by atoms with Crippen LogP contribution >= 0.6 is 11.6 Å². The van der Waals surface area contributed by atoms with Crippen molar-refractivity contribution in [3.8, 4) is 23.1 Å². The van der Waals surface area contributed by atoms with Crippen LogP contribution in [-0.2, 0) is 6.54 Å². The molecular formula is C26H31ClN4O3. The molecular weight excluding hydrogens is 452 g/mol. The summed E-state index contributed by atoms with van der Waals surface area (Å²) in [6, 6.07) is 14.8. The molecule has 1 N–H and O–H groups in total. The number of hydrogen-bond donors (Lipinski definition) is 1. The van der Waals surface area contributed by atoms with E-state index in [0.717, 1.165) is 35.5 Å². The first-order chi connectivity index (χ1) is 16.3. The fourth-order valence-electron chi connectivity index (χ4n) is 3.72. The molecule has 1 fully saturated rings. The number of urea groups is 1. The topological polar surface area (TPSA) is 68.6 Å². The average Bonchev–Trinajstić information content (AvgIpc) is 3.57. The number of benzene rings is 2. The van der Waals surface area contributed by atoms with Gasteiger partial charge in [0.25, 0.3) is 0 Å². The highest BCUT2D eigenvalue weighted by Crippen LogP contribution is 2.35. The number of carbonyl (C=O) groups is 1. The highest BCUT2D eigenvalue weighted by Gasteiger charge is 2.29. The maximum absolute atomic E-state index is 13.0. The molecule has 2 aromatic carbocycles. The molecule has 1 heterocycles. The normalized spacial score (nSPS) is 13.1. The van der Waals surface area contributed by atoms with E-state index < -0.39 is 0 Å². The molecule has 4 rings (SSSR count). The maximum atomic E-state index is 13.0. The molecule has 1 saturated carbocycles. The number of amides is 2. The zero-order chi connectivity index (χ0) is 24.2. The van der Waals surface area contributed by atoms with Crippen LogP contribution < -0.4 is 14.8 Å². The van der Waals surface area contributed by atoms with Gasteiger partial charge in [-0.3, -0.25) is 0 Å². The molecule has 0 radical (unpaired) electrons. The van der Waals surface area contributed by atoms with Crippen molar-refractivity contribution < 1.29 is 14.3 Å². The Kier molecular flexibility index (Phi) is 7.32. The molecule has 0 aliphatic heterocycles. The van der Waals surface area contributed by atoms with E-state index in [0.29, 0.717) is 35.7 Å². The number of aromatic nitrogens is 2. The van der Waals surface area contributed by atoms with Crippen LogP contribution in [0.2, 0.25) is 5.02 Å². The third-order valence-electron chi connectivity index (χ3n) is 5.69. The number of methoxy groups -OCH3 is 1. The molecule has 1 aromatic heterocycles. The Morgan fingerprint density at radius 3 is 2.53 bits per heavy atom. The van der Waals surface area contributed by atoms with E-state index in [1.165, 1.54) is 0 Å². The molecule has 180 valence electrons. The number of rotatable bonds is 9. The molecule has 2 amide bonds. The quantitative estimate of drug-likeness (QED) is 0.408. The van der Waals surface area contributed by atoms with Crippen LogP contribution in [0.1, 0.15) is 37.9 Å². The Morgan fingerprint density at radius 2 is 1.91 bits per heavy atom. The van der Waals surface area contributed by atoms with E-state index in [4.69, 9.17) is 26.2 Å². The monoisotopic (exact) mass is 482 g/mol. The van der Waals surface area contributed by atoms with E-state index >= 15 is 0 Å². The fourth-order valence-corrected chi connectivity index (χ4v) is 3.91. The maximum Gasteiger partial charge on any atom is 0.317 e. The van der Waals surface area contributed by atoms with Gasteiger partial charge in [0, 0.05) is 17.6 Å². The van der Waals surface area contributed by atoms with Gasteiger partial charge in [-0.25, -0.2) is 9.48 Å². The minimum absolute atomic E-state index is 0.0551. The first kappa shape index (κ1) is 24.0. The number of aryl methyl sites for hydroxylation is 1. The zero-order valence-electron chi connectivity index (χ0n) is 20.0. The lowest BCUT2D eigenvalue weighted by atomic mass is 10.2. The summed E-state index contributed by atoms with van der Waals surface area (Å²) in [4.78, 5) is 14.9. The Balaban J connectivity index is 1.73. The molecule has 0 spiro atoms. The van der Waals surface area contributed by atoms with Crippen LogP contribution in [0.15, 0.2) is 48.5 Å². The third-order valence-corrected chi connectivity index (χ3v) is 5.92. The van der Waals surface area contributed by atoms with E-state index in [1.54, 1.807) is 11.8 Å². The minimum atomic E-state index is -0.0767. The van der Waals surface area contributed by atoms with Crippen LogP contribution in [0, 0.1) is 12.8 Å². The summed E-state index contributed by atoms with van der Waals surface area (Å²) in [5.74, 6) is 2.49. The highest BCUT2D eigenvalue weighted by molar-refractivity contribution is 6.30. The largest absolute Gasteiger partial charge is 0.497 e. The van der Waals surface area contributed by atoms with Crippen LogP contribution in [-0.4, -0.2) is 40.4 Å². The lowest BCUT2D eigenvalue weighted by Gasteiger charge is -2.25. The van der Waals surface area contributed by atoms with Crippen molar-refractivity contribution in [1.82, 2.24) is 20.0 Å². The second-order valence-corrected chi connectivity index (χ2v) is 9.40. The molecule has 0 bridgehead atoms. The van der Waals surface area contributed by atoms with Gasteiger partial charge in [-0.1, -0.05) is 17.7 Å². The van der Waals surface area contributed by atoms with Gasteiger partial charge in [-0.15, -0.1) is 0 Å². The van der Waals surface area contributed by atoms with Crippen molar-refractivity contribution in [2.45, 2.75) is 46.2 Å². The smallest absolute Gasteiger partial charge is 0.317 e. The average molecular weight is 483 g/mol. The van der Waals surface area contributed by atoms with Gasteiger partial charge in [0.1, 0.15) is 11.5 Å². The Morgan fingerprint density at radius 1 is 1.21 bits per heavy atom. The van der Waals surface area contributed by atoms with Gasteiger partial charge >= 0.3 is 6.03 Å². The van der Waals surface area contributed by atoms with Crippen molar-refractivity contribution in [2.75, 3.05) is 13.7 Å². The predicted molar refractivity (Wildman–Crippen MR) is 133 cm³/mol. The van der Waals surface area contributed by atoms with Crippen LogP contribution in [0.4, 0.5) is 4.79 Å². The van der Waals surface area contributed by atoms with Crippen LogP contribution in [0.25, 0.3) is 5.69 Å². The molecule has 1 aliphatic rings. The number of nitrogens with one attached hydrogen (secondary N) is 1. The van der Waals surface area contributed by atoms with Gasteiger partial charge in [-0.05, 0) is 82.0 Å². The lowest BCUT2D eigenvalue weighted by Crippen LogP contribution is -2.43. The second-order valence-electron chi connectivity index (χ2n) is 8.97. The van der Waals surface area contributed by atoms with Crippen molar-refractivity contribution in [2.24, 2.45) is 5.92 Å². The van der Waals surface area contributed by atoms with E-state index in [-0.39, 0.29) is 12.1 Å². The summed E-state index contributed by atoms with van der Waals surface area (Å²) in [7, 11) is 1.63. The summed E-state index contributed by atoms with van der Waals surface area (Å²) in [5.41, 5.74) is 2.43. The van der Waals surface area contributed by atoms with Gasteiger partial charge in [0.05, 0.1) is 30.6 Å². The molecule has 7 nitrogen and oxygen atoms in total. The van der Waals surface area contributed by atoms with E-state index in [2.05, 4.69) is 5.32 Å². The molecule has 0 saturated heterocycles. The molecule has 0 unspecified atom stereocenters. The summed E-state index contributed by atoms with van der Waals surface area (Å²) >= 11 is 6.27. The summed E-state index contributed by atoms with van der Waals surface area (Å²) in [6.07, 6.45) is 2.31. The van der Waals surface area contributed by atoms with Crippen LogP contribution in [0.5, 0.6) is 17.4 Å². The van der Waals surface area contributed by atoms with E-state index in [1.807, 2.05) is 74.2 Å². The Bertz CT molecular complexity index is 1140. The number of ether oxygens (including phenoxy) is 2. The number of hydrogen-bond acceptors (Lipinski definition) is 4. The molecule has 34 heavy (non-hydrogen) atoms. The van der Waals surface area contributed by atoms with Crippen molar-refractivity contribution in [3.05, 3.63) is 64.8 Å². The number of nitrogens with zero attached hydrogens (tertiary/aromatic N) is 3. The number of halogens is 1. The molecule has 8 heteroatoms. The molecule has 3 aromatic rings. The first-order valence-corrected chi connectivity index (χ1v) is 11.9. The lowest BCUT2D eigenvalue weighted by molar-refractivity contribution is 0.189. The fraction of sp³-hybridized carbons (Fsp3) is 0.385. The molecule has 0 atom stereocenters. The van der Waals surface area contributed by atoms with Gasteiger partial charge in [-0.2, -0.15) is 5.10 Å². The summed E-state index contributed by atoms with van der Waals surface area (Å²) in [6.45, 7) is 6.98. The third kappa shape index (κ3) is 5.83. The van der Waals surface area contributed by atoms with Crippen molar-refractivity contribution >= 4 is 17.6 Å². The SMILES string of the molecule is COc1ccc(Oc2c(CN(CC3CC3)C(=O)NC(C)C)c(C)nn2-c2cccc(Cl)c2)cc1.